The van der Waals surface area contributed by atoms with Crippen molar-refractivity contribution < 1.29 is 9.90 Å². The first kappa shape index (κ1) is 55.6. The number of carbonyl (C=O) groups is 1. The lowest BCUT2D eigenvalue weighted by Crippen LogP contribution is -1.93. The van der Waals surface area contributed by atoms with Gasteiger partial charge in [-0.15, -0.1) is 0 Å². The van der Waals surface area contributed by atoms with Crippen molar-refractivity contribution in [1.29, 1.82) is 0 Å². The molecule has 2 nitrogen and oxygen atoms in total. The summed E-state index contributed by atoms with van der Waals surface area (Å²) in [4.78, 5) is 10.4. The van der Waals surface area contributed by atoms with Crippen molar-refractivity contribution in [2.45, 2.75) is 329 Å². The summed E-state index contributed by atoms with van der Waals surface area (Å²) in [6.07, 6.45) is 67.4. The zero-order valence-corrected chi connectivity index (χ0v) is 38.3. The fourth-order valence-corrected chi connectivity index (χ4v) is 8.10. The number of carboxylic acids is 1. The van der Waals surface area contributed by atoms with E-state index in [0.717, 1.165) is 12.8 Å². The molecule has 0 atom stereocenters. The minimum atomic E-state index is -0.648. The van der Waals surface area contributed by atoms with Crippen molar-refractivity contribution >= 4 is 5.97 Å². The zero-order valence-electron chi connectivity index (χ0n) is 38.3. The molecule has 0 fully saturated rings. The summed E-state index contributed by atoms with van der Waals surface area (Å²) in [6.45, 7) is 6.89. The lowest BCUT2D eigenvalue weighted by atomic mass is 10.0. The minimum Gasteiger partial charge on any atom is -0.481 e. The molecule has 0 spiro atoms. The Bertz CT molecular complexity index is 612. The third-order valence-corrected chi connectivity index (χ3v) is 12.0. The van der Waals surface area contributed by atoms with E-state index in [-0.39, 0.29) is 0 Å². The minimum absolute atomic E-state index is 0.347. The van der Waals surface area contributed by atoms with Crippen LogP contribution in [0.1, 0.15) is 329 Å². The average Bonchev–Trinajstić information content (AvgIpc) is 3.17. The standard InChI is InChI=1S/C31H62O2.C21H44/c1-2-3-4-5-6-7-8-9-10-11-12-13-14-15-16-17-18-19-20-21-22-23-24-25-26-27-28-29-30-31(32)33;1-3-5-7-9-11-13-15-17-19-21-20-18-16-14-12-10-8-6-4-2/h2-30H2,1H3,(H,32,33);3-21H2,1-2H3. The molecular formula is C52H106O2. The van der Waals surface area contributed by atoms with E-state index in [1.165, 1.54) is 289 Å². The molecule has 0 unspecified atom stereocenters. The van der Waals surface area contributed by atoms with Gasteiger partial charge in [-0.3, -0.25) is 4.79 Å². The first-order valence-corrected chi connectivity index (χ1v) is 25.9. The molecule has 0 aliphatic heterocycles. The van der Waals surface area contributed by atoms with E-state index < -0.39 is 5.97 Å². The lowest BCUT2D eigenvalue weighted by molar-refractivity contribution is -0.137. The van der Waals surface area contributed by atoms with E-state index in [0.29, 0.717) is 6.42 Å². The van der Waals surface area contributed by atoms with Crippen LogP contribution in [0.2, 0.25) is 0 Å². The topological polar surface area (TPSA) is 37.3 Å². The second-order valence-electron chi connectivity index (χ2n) is 17.7. The number of unbranched alkanes of at least 4 members (excludes halogenated alkanes) is 45. The molecule has 0 heterocycles. The largest absolute Gasteiger partial charge is 0.481 e. The van der Waals surface area contributed by atoms with Crippen LogP contribution in [-0.4, -0.2) is 11.1 Å². The molecule has 0 aromatic carbocycles. The Morgan fingerprint density at radius 2 is 0.333 bits per heavy atom. The van der Waals surface area contributed by atoms with E-state index >= 15 is 0 Å². The van der Waals surface area contributed by atoms with Gasteiger partial charge in [-0.25, -0.2) is 0 Å². The van der Waals surface area contributed by atoms with E-state index in [1.54, 1.807) is 0 Å². The summed E-state index contributed by atoms with van der Waals surface area (Å²) in [7, 11) is 0. The first-order chi connectivity index (χ1) is 26.7. The maximum atomic E-state index is 10.4. The Morgan fingerprint density at radius 1 is 0.222 bits per heavy atom. The number of hydrogen-bond donors (Lipinski definition) is 1. The molecule has 326 valence electrons. The van der Waals surface area contributed by atoms with Gasteiger partial charge in [0.25, 0.3) is 0 Å². The summed E-state index contributed by atoms with van der Waals surface area (Å²) in [5.74, 6) is -0.648. The summed E-state index contributed by atoms with van der Waals surface area (Å²) in [5, 5.41) is 8.61. The highest BCUT2D eigenvalue weighted by atomic mass is 16.4. The lowest BCUT2D eigenvalue weighted by Gasteiger charge is -2.04. The molecule has 0 aromatic heterocycles. The number of aliphatic carboxylic acids is 1. The molecule has 0 aliphatic carbocycles. The van der Waals surface area contributed by atoms with Crippen LogP contribution in [0.25, 0.3) is 0 Å². The fourth-order valence-electron chi connectivity index (χ4n) is 8.10. The van der Waals surface area contributed by atoms with E-state index in [1.807, 2.05) is 0 Å². The normalized spacial score (nSPS) is 11.2. The Labute approximate surface area is 343 Å². The Balaban J connectivity index is 0. The van der Waals surface area contributed by atoms with Crippen LogP contribution < -0.4 is 0 Å². The summed E-state index contributed by atoms with van der Waals surface area (Å²) < 4.78 is 0. The Hall–Kier alpha value is -0.530. The number of rotatable bonds is 47. The average molecular weight is 763 g/mol. The van der Waals surface area contributed by atoms with Crippen LogP contribution in [0.15, 0.2) is 0 Å². The smallest absolute Gasteiger partial charge is 0.303 e. The summed E-state index contributed by atoms with van der Waals surface area (Å²) >= 11 is 0. The fraction of sp³-hybridized carbons (Fsp3) is 0.981. The second-order valence-corrected chi connectivity index (χ2v) is 17.7. The molecule has 0 saturated carbocycles. The molecular weight excluding hydrogens is 657 g/mol. The SMILES string of the molecule is CCCCCCCCCCCCCCCCCCCCC.CCCCCCCCCCCCCCCCCCCCCCCCCCCCCCC(=O)O. The highest BCUT2D eigenvalue weighted by Crippen LogP contribution is 2.17. The number of hydrogen-bond acceptors (Lipinski definition) is 1. The third kappa shape index (κ3) is 58.2. The van der Waals surface area contributed by atoms with Crippen molar-refractivity contribution in [3.05, 3.63) is 0 Å². The van der Waals surface area contributed by atoms with Crippen molar-refractivity contribution in [3.8, 4) is 0 Å². The molecule has 2 heteroatoms. The van der Waals surface area contributed by atoms with Crippen LogP contribution in [0.5, 0.6) is 0 Å². The second kappa shape index (κ2) is 54.6. The van der Waals surface area contributed by atoms with Crippen LogP contribution in [0, 0.1) is 0 Å². The molecule has 1 N–H and O–H groups in total. The van der Waals surface area contributed by atoms with Gasteiger partial charge in [0, 0.05) is 6.42 Å². The summed E-state index contributed by atoms with van der Waals surface area (Å²) in [6, 6.07) is 0. The summed E-state index contributed by atoms with van der Waals surface area (Å²) in [5.41, 5.74) is 0. The van der Waals surface area contributed by atoms with Gasteiger partial charge >= 0.3 is 5.97 Å². The van der Waals surface area contributed by atoms with Gasteiger partial charge in [-0.2, -0.15) is 0 Å². The maximum absolute atomic E-state index is 10.4. The van der Waals surface area contributed by atoms with Crippen molar-refractivity contribution in [1.82, 2.24) is 0 Å². The van der Waals surface area contributed by atoms with E-state index in [9.17, 15) is 4.79 Å². The highest BCUT2D eigenvalue weighted by Gasteiger charge is 1.99. The molecule has 0 saturated heterocycles. The molecule has 0 amide bonds. The van der Waals surface area contributed by atoms with Gasteiger partial charge in [-0.1, -0.05) is 316 Å². The Morgan fingerprint density at radius 3 is 0.444 bits per heavy atom. The van der Waals surface area contributed by atoms with Crippen molar-refractivity contribution in [2.75, 3.05) is 0 Å². The molecule has 0 bridgehead atoms. The van der Waals surface area contributed by atoms with Gasteiger partial charge in [0.05, 0.1) is 0 Å². The molecule has 54 heavy (non-hydrogen) atoms. The van der Waals surface area contributed by atoms with Crippen molar-refractivity contribution in [2.24, 2.45) is 0 Å². The predicted octanol–water partition coefficient (Wildman–Crippen LogP) is 19.8. The monoisotopic (exact) mass is 763 g/mol. The van der Waals surface area contributed by atoms with Crippen LogP contribution in [-0.2, 0) is 4.79 Å². The van der Waals surface area contributed by atoms with Gasteiger partial charge < -0.3 is 5.11 Å². The van der Waals surface area contributed by atoms with Crippen LogP contribution in [0.4, 0.5) is 0 Å². The van der Waals surface area contributed by atoms with Gasteiger partial charge in [0.2, 0.25) is 0 Å². The van der Waals surface area contributed by atoms with Gasteiger partial charge in [0.1, 0.15) is 0 Å². The van der Waals surface area contributed by atoms with E-state index in [4.69, 9.17) is 5.11 Å². The molecule has 0 aromatic rings. The molecule has 0 radical (unpaired) electrons. The molecule has 0 rings (SSSR count). The van der Waals surface area contributed by atoms with E-state index in [2.05, 4.69) is 20.8 Å². The number of carboxylic acid groups (broad SMARTS) is 1. The zero-order chi connectivity index (χ0) is 39.5. The quantitative estimate of drug-likeness (QED) is 0.0627. The highest BCUT2D eigenvalue weighted by molar-refractivity contribution is 5.66. The van der Waals surface area contributed by atoms with Crippen LogP contribution >= 0.6 is 0 Å². The third-order valence-electron chi connectivity index (χ3n) is 12.0. The Kier molecular flexibility index (Phi) is 56.2. The van der Waals surface area contributed by atoms with Crippen molar-refractivity contribution in [3.63, 3.8) is 0 Å². The van der Waals surface area contributed by atoms with Crippen LogP contribution in [0.3, 0.4) is 0 Å². The molecule has 0 aliphatic rings. The predicted molar refractivity (Wildman–Crippen MR) is 246 cm³/mol. The van der Waals surface area contributed by atoms with Gasteiger partial charge in [-0.05, 0) is 6.42 Å². The maximum Gasteiger partial charge on any atom is 0.303 e. The first-order valence-electron chi connectivity index (χ1n) is 25.9. The van der Waals surface area contributed by atoms with Gasteiger partial charge in [0.15, 0.2) is 0 Å².